The van der Waals surface area contributed by atoms with Gasteiger partial charge in [-0.2, -0.15) is 0 Å². The molecule has 6 heteroatoms. The third kappa shape index (κ3) is 1.96. The number of thiophene rings is 1. The van der Waals surface area contributed by atoms with Gasteiger partial charge in [-0.25, -0.2) is 9.97 Å². The second-order valence-corrected chi connectivity index (χ2v) is 6.09. The maximum absolute atomic E-state index is 11.5. The van der Waals surface area contributed by atoms with Crippen molar-refractivity contribution in [2.45, 2.75) is 32.2 Å². The summed E-state index contributed by atoms with van der Waals surface area (Å²) in [5.74, 6) is 0.0124. The number of carboxylic acid groups (broad SMARTS) is 1. The first-order valence-electron chi connectivity index (χ1n) is 6.29. The Labute approximate surface area is 114 Å². The maximum Gasteiger partial charge on any atom is 0.311 e. The number of carbonyl (C=O) groups is 1. The quantitative estimate of drug-likeness (QED) is 0.902. The smallest absolute Gasteiger partial charge is 0.311 e. The van der Waals surface area contributed by atoms with Crippen LogP contribution in [0.4, 0.5) is 5.82 Å². The monoisotopic (exact) mass is 277 g/mol. The summed E-state index contributed by atoms with van der Waals surface area (Å²) in [6.07, 6.45) is 4.02. The lowest BCUT2D eigenvalue weighted by molar-refractivity contribution is -0.147. The first-order valence-corrected chi connectivity index (χ1v) is 7.17. The SMILES string of the molecule is CC1(C(=O)O)CCCC1Nc1ncnc2ccsc12. The molecule has 1 fully saturated rings. The summed E-state index contributed by atoms with van der Waals surface area (Å²) in [6.45, 7) is 1.81. The van der Waals surface area contributed by atoms with Crippen LogP contribution in [0, 0.1) is 5.41 Å². The van der Waals surface area contributed by atoms with Crippen LogP contribution in [-0.4, -0.2) is 27.1 Å². The summed E-state index contributed by atoms with van der Waals surface area (Å²) in [4.78, 5) is 19.9. The van der Waals surface area contributed by atoms with Crippen molar-refractivity contribution in [1.29, 1.82) is 0 Å². The minimum absolute atomic E-state index is 0.0785. The summed E-state index contributed by atoms with van der Waals surface area (Å²) in [6, 6.07) is 1.86. The summed E-state index contributed by atoms with van der Waals surface area (Å²) in [5, 5.41) is 14.7. The van der Waals surface area contributed by atoms with Crippen LogP contribution in [0.1, 0.15) is 26.2 Å². The van der Waals surface area contributed by atoms with Gasteiger partial charge in [0.05, 0.1) is 15.6 Å². The molecule has 0 saturated heterocycles. The minimum atomic E-state index is -0.737. The third-order valence-corrected chi connectivity index (χ3v) is 4.91. The fourth-order valence-electron chi connectivity index (χ4n) is 2.71. The van der Waals surface area contributed by atoms with E-state index >= 15 is 0 Å². The van der Waals surface area contributed by atoms with Crippen molar-refractivity contribution in [3.8, 4) is 0 Å². The van der Waals surface area contributed by atoms with Crippen LogP contribution in [0.15, 0.2) is 17.8 Å². The van der Waals surface area contributed by atoms with E-state index in [0.717, 1.165) is 28.9 Å². The van der Waals surface area contributed by atoms with Gasteiger partial charge in [0.25, 0.3) is 0 Å². The number of rotatable bonds is 3. The summed E-state index contributed by atoms with van der Waals surface area (Å²) in [7, 11) is 0. The number of aliphatic carboxylic acids is 1. The van der Waals surface area contributed by atoms with Gasteiger partial charge < -0.3 is 10.4 Å². The Morgan fingerprint density at radius 2 is 2.42 bits per heavy atom. The highest BCUT2D eigenvalue weighted by Crippen LogP contribution is 2.40. The molecule has 1 saturated carbocycles. The average Bonchev–Trinajstić information content (AvgIpc) is 2.98. The van der Waals surface area contributed by atoms with Crippen LogP contribution in [-0.2, 0) is 4.79 Å². The van der Waals surface area contributed by atoms with Gasteiger partial charge in [0, 0.05) is 6.04 Å². The third-order valence-electron chi connectivity index (χ3n) is 4.00. The molecule has 0 aromatic carbocycles. The van der Waals surface area contributed by atoms with Crippen molar-refractivity contribution in [3.05, 3.63) is 17.8 Å². The zero-order valence-electron chi connectivity index (χ0n) is 10.6. The van der Waals surface area contributed by atoms with Crippen LogP contribution in [0.5, 0.6) is 0 Å². The Balaban J connectivity index is 1.93. The van der Waals surface area contributed by atoms with E-state index in [1.807, 2.05) is 18.4 Å². The van der Waals surface area contributed by atoms with Gasteiger partial charge in [0.1, 0.15) is 12.1 Å². The second-order valence-electron chi connectivity index (χ2n) is 5.17. The highest BCUT2D eigenvalue weighted by molar-refractivity contribution is 7.17. The Morgan fingerprint density at radius 3 is 3.21 bits per heavy atom. The molecule has 0 aliphatic heterocycles. The average molecular weight is 277 g/mol. The standard InChI is InChI=1S/C13H15N3O2S/c1-13(12(17)18)5-2-3-9(13)16-11-10-8(4-6-19-10)14-7-15-11/h4,6-7,9H,2-3,5H2,1H3,(H,17,18)(H,14,15,16). The Kier molecular flexibility index (Phi) is 2.89. The number of hydrogen-bond acceptors (Lipinski definition) is 5. The van der Waals surface area contributed by atoms with Crippen molar-refractivity contribution in [1.82, 2.24) is 9.97 Å². The number of nitrogens with one attached hydrogen (secondary N) is 1. The Hall–Kier alpha value is -1.69. The van der Waals surface area contributed by atoms with E-state index in [1.54, 1.807) is 11.3 Å². The van der Waals surface area contributed by atoms with Crippen LogP contribution in [0.25, 0.3) is 10.2 Å². The summed E-state index contributed by atoms with van der Waals surface area (Å²) >= 11 is 1.57. The molecule has 100 valence electrons. The predicted molar refractivity (Wildman–Crippen MR) is 74.4 cm³/mol. The van der Waals surface area contributed by atoms with E-state index in [1.165, 1.54) is 6.33 Å². The van der Waals surface area contributed by atoms with Crippen molar-refractivity contribution >= 4 is 33.3 Å². The normalized spacial score (nSPS) is 26.7. The number of anilines is 1. The number of aromatic nitrogens is 2. The molecule has 19 heavy (non-hydrogen) atoms. The fraction of sp³-hybridized carbons (Fsp3) is 0.462. The van der Waals surface area contributed by atoms with Gasteiger partial charge in [0.2, 0.25) is 0 Å². The van der Waals surface area contributed by atoms with E-state index in [2.05, 4.69) is 15.3 Å². The molecule has 5 nitrogen and oxygen atoms in total. The van der Waals surface area contributed by atoms with Gasteiger partial charge in [-0.15, -0.1) is 11.3 Å². The predicted octanol–water partition coefficient (Wildman–Crippen LogP) is 2.75. The molecule has 1 aliphatic carbocycles. The van der Waals surface area contributed by atoms with E-state index in [9.17, 15) is 9.90 Å². The maximum atomic E-state index is 11.5. The zero-order valence-corrected chi connectivity index (χ0v) is 11.4. The lowest BCUT2D eigenvalue weighted by Gasteiger charge is -2.28. The van der Waals surface area contributed by atoms with Crippen molar-refractivity contribution in [3.63, 3.8) is 0 Å². The Morgan fingerprint density at radius 1 is 1.58 bits per heavy atom. The minimum Gasteiger partial charge on any atom is -0.481 e. The Bertz CT molecular complexity index is 627. The molecule has 2 N–H and O–H groups in total. The van der Waals surface area contributed by atoms with E-state index < -0.39 is 11.4 Å². The largest absolute Gasteiger partial charge is 0.481 e. The molecule has 2 unspecified atom stereocenters. The molecule has 0 spiro atoms. The summed E-state index contributed by atoms with van der Waals surface area (Å²) in [5.41, 5.74) is 0.187. The number of hydrogen-bond donors (Lipinski definition) is 2. The second kappa shape index (κ2) is 4.45. The van der Waals surface area contributed by atoms with Crippen LogP contribution >= 0.6 is 11.3 Å². The molecule has 0 radical (unpaired) electrons. The van der Waals surface area contributed by atoms with Crippen molar-refractivity contribution in [2.75, 3.05) is 5.32 Å². The summed E-state index contributed by atoms with van der Waals surface area (Å²) < 4.78 is 0.988. The van der Waals surface area contributed by atoms with E-state index in [-0.39, 0.29) is 6.04 Å². The highest BCUT2D eigenvalue weighted by atomic mass is 32.1. The number of carboxylic acids is 1. The van der Waals surface area contributed by atoms with Gasteiger partial charge in [-0.05, 0) is 31.2 Å². The molecular formula is C13H15N3O2S. The van der Waals surface area contributed by atoms with Gasteiger partial charge in [-0.1, -0.05) is 6.42 Å². The molecule has 0 amide bonds. The van der Waals surface area contributed by atoms with Crippen molar-refractivity contribution in [2.24, 2.45) is 5.41 Å². The number of fused-ring (bicyclic) bond motifs is 1. The van der Waals surface area contributed by atoms with Gasteiger partial charge in [-0.3, -0.25) is 4.79 Å². The fourth-order valence-corrected chi connectivity index (χ4v) is 3.51. The topological polar surface area (TPSA) is 75.1 Å². The van der Waals surface area contributed by atoms with E-state index in [0.29, 0.717) is 6.42 Å². The van der Waals surface area contributed by atoms with Crippen molar-refractivity contribution < 1.29 is 9.90 Å². The first kappa shape index (κ1) is 12.3. The molecule has 1 aliphatic rings. The number of nitrogens with zero attached hydrogens (tertiary/aromatic N) is 2. The highest BCUT2D eigenvalue weighted by Gasteiger charge is 2.45. The van der Waals surface area contributed by atoms with Gasteiger partial charge in [0.15, 0.2) is 0 Å². The molecule has 2 aromatic rings. The molecule has 3 rings (SSSR count). The van der Waals surface area contributed by atoms with Crippen LogP contribution in [0.2, 0.25) is 0 Å². The molecular weight excluding hydrogens is 262 g/mol. The lowest BCUT2D eigenvalue weighted by atomic mass is 9.85. The lowest BCUT2D eigenvalue weighted by Crippen LogP contribution is -2.40. The first-order chi connectivity index (χ1) is 9.11. The molecule has 0 bridgehead atoms. The molecule has 2 aromatic heterocycles. The van der Waals surface area contributed by atoms with Crippen LogP contribution in [0.3, 0.4) is 0 Å². The molecule has 2 atom stereocenters. The van der Waals surface area contributed by atoms with Gasteiger partial charge >= 0.3 is 5.97 Å². The molecule has 2 heterocycles. The zero-order chi connectivity index (χ0) is 13.5. The van der Waals surface area contributed by atoms with E-state index in [4.69, 9.17) is 0 Å². The van der Waals surface area contributed by atoms with Crippen LogP contribution < -0.4 is 5.32 Å².